The standard InChI is InChI=1S/C21H20F6N2O7S2.C6H2/c22-20(23,24)35-15-1-5-17(6-2-15)37(30,31)28-11-9-19(10-12-28)29(13-14-34-19)38(32,33)18-7-3-16(4-8-18)36-21(25,26)27;1-3-5-6-4-2/h1-8H,9-14H2;1-2H. The Labute approximate surface area is 249 Å². The normalized spacial score (nSPS) is 17.3. The van der Waals surface area contributed by atoms with Crippen molar-refractivity contribution in [2.75, 3.05) is 26.2 Å². The van der Waals surface area contributed by atoms with E-state index < -0.39 is 50.0 Å². The van der Waals surface area contributed by atoms with E-state index >= 15 is 0 Å². The van der Waals surface area contributed by atoms with Crippen LogP contribution in [0.15, 0.2) is 58.3 Å². The highest BCUT2D eigenvalue weighted by molar-refractivity contribution is 7.89. The number of piperidine rings is 1. The fraction of sp³-hybridized carbons (Fsp3) is 0.333. The predicted octanol–water partition coefficient (Wildman–Crippen LogP) is 3.94. The highest BCUT2D eigenvalue weighted by Crippen LogP contribution is 2.40. The molecule has 2 aromatic carbocycles. The van der Waals surface area contributed by atoms with Crippen LogP contribution in [0.3, 0.4) is 0 Å². The van der Waals surface area contributed by atoms with Gasteiger partial charge in [-0.25, -0.2) is 16.8 Å². The zero-order chi connectivity index (χ0) is 32.8. The number of benzene rings is 2. The van der Waals surface area contributed by atoms with Gasteiger partial charge in [-0.1, -0.05) is 0 Å². The first kappa shape index (κ1) is 34.6. The molecule has 9 nitrogen and oxygen atoms in total. The second-order valence-corrected chi connectivity index (χ2v) is 12.7. The minimum atomic E-state index is -4.94. The van der Waals surface area contributed by atoms with Gasteiger partial charge in [-0.3, -0.25) is 0 Å². The minimum absolute atomic E-state index is 0.0158. The van der Waals surface area contributed by atoms with Gasteiger partial charge in [0.25, 0.3) is 0 Å². The summed E-state index contributed by atoms with van der Waals surface area (Å²) in [5.41, 5.74) is -1.38. The second-order valence-electron chi connectivity index (χ2n) is 8.85. The molecular formula is C27H22F6N2O7S2. The Kier molecular flexibility index (Phi) is 10.5. The Morgan fingerprint density at radius 3 is 1.50 bits per heavy atom. The molecule has 2 aliphatic heterocycles. The maximum Gasteiger partial charge on any atom is 0.573 e. The Morgan fingerprint density at radius 2 is 1.11 bits per heavy atom. The number of hydrogen-bond donors (Lipinski definition) is 0. The van der Waals surface area contributed by atoms with Gasteiger partial charge < -0.3 is 14.2 Å². The molecule has 4 rings (SSSR count). The Bertz CT molecular complexity index is 1660. The smallest absolute Gasteiger partial charge is 0.406 e. The molecule has 2 aromatic rings. The van der Waals surface area contributed by atoms with E-state index in [9.17, 15) is 43.2 Å². The van der Waals surface area contributed by atoms with Crippen LogP contribution in [0, 0.1) is 36.5 Å². The lowest BCUT2D eigenvalue weighted by Gasteiger charge is -2.42. The largest absolute Gasteiger partial charge is 0.573 e. The topological polar surface area (TPSA) is 102 Å². The minimum Gasteiger partial charge on any atom is -0.406 e. The molecular weight excluding hydrogens is 642 g/mol. The maximum absolute atomic E-state index is 13.3. The van der Waals surface area contributed by atoms with Gasteiger partial charge in [0.2, 0.25) is 20.0 Å². The van der Waals surface area contributed by atoms with Crippen LogP contribution in [0.5, 0.6) is 11.5 Å². The molecule has 2 saturated heterocycles. The van der Waals surface area contributed by atoms with E-state index in [0.29, 0.717) is 0 Å². The summed E-state index contributed by atoms with van der Waals surface area (Å²) in [5, 5.41) is 0. The summed E-state index contributed by atoms with van der Waals surface area (Å²) < 4.78 is 142. The molecule has 0 aliphatic carbocycles. The summed E-state index contributed by atoms with van der Waals surface area (Å²) in [5.74, 6) is 7.42. The SMILES string of the molecule is C#CC#CC#C.O=S(=O)(c1ccc(OC(F)(F)F)cc1)N1CCC2(CC1)OCCN2S(=O)(=O)c1ccc(OC(F)(F)F)cc1. The van der Waals surface area contributed by atoms with E-state index in [4.69, 9.17) is 17.6 Å². The number of rotatable bonds is 6. The van der Waals surface area contributed by atoms with Crippen LogP contribution in [0.1, 0.15) is 12.8 Å². The summed E-state index contributed by atoms with van der Waals surface area (Å²) >= 11 is 0. The lowest BCUT2D eigenvalue weighted by molar-refractivity contribution is -0.275. The molecule has 0 saturated carbocycles. The maximum atomic E-state index is 13.3. The Morgan fingerprint density at radius 1 is 0.705 bits per heavy atom. The third kappa shape index (κ3) is 8.59. The number of sulfonamides is 2. The quantitative estimate of drug-likeness (QED) is 0.341. The van der Waals surface area contributed by atoms with Crippen LogP contribution >= 0.6 is 0 Å². The van der Waals surface area contributed by atoms with E-state index in [-0.39, 0.29) is 48.9 Å². The van der Waals surface area contributed by atoms with Crippen molar-refractivity contribution in [3.63, 3.8) is 0 Å². The van der Waals surface area contributed by atoms with Crippen LogP contribution in [-0.4, -0.2) is 70.1 Å². The highest BCUT2D eigenvalue weighted by Gasteiger charge is 2.51. The lowest BCUT2D eigenvalue weighted by atomic mass is 10.0. The molecule has 0 amide bonds. The van der Waals surface area contributed by atoms with Crippen LogP contribution in [0.4, 0.5) is 26.3 Å². The molecule has 1 spiro atoms. The molecule has 0 radical (unpaired) electrons. The third-order valence-corrected chi connectivity index (χ3v) is 10.0. The second kappa shape index (κ2) is 13.4. The number of terminal acetylenes is 2. The Hall–Kier alpha value is -3.92. The van der Waals surface area contributed by atoms with Gasteiger partial charge in [0, 0.05) is 32.5 Å². The highest BCUT2D eigenvalue weighted by atomic mass is 32.2. The van der Waals surface area contributed by atoms with Gasteiger partial charge in [-0.15, -0.1) is 39.2 Å². The molecule has 44 heavy (non-hydrogen) atoms. The van der Waals surface area contributed by atoms with Gasteiger partial charge in [-0.05, 0) is 72.2 Å². The van der Waals surface area contributed by atoms with Crippen molar-refractivity contribution < 1.29 is 57.4 Å². The summed E-state index contributed by atoms with van der Waals surface area (Å²) in [6, 6.07) is 7.33. The number of alkyl halides is 6. The van der Waals surface area contributed by atoms with Crippen molar-refractivity contribution in [3.05, 3.63) is 48.5 Å². The fourth-order valence-electron chi connectivity index (χ4n) is 4.38. The number of hydrogen-bond acceptors (Lipinski definition) is 7. The summed E-state index contributed by atoms with van der Waals surface area (Å²) in [4.78, 5) is -0.575. The average molecular weight is 665 g/mol. The third-order valence-electron chi connectivity index (χ3n) is 6.17. The molecule has 2 aliphatic rings. The van der Waals surface area contributed by atoms with Gasteiger partial charge in [-0.2, -0.15) is 8.61 Å². The average Bonchev–Trinajstić information content (AvgIpc) is 3.35. The number of ether oxygens (including phenoxy) is 3. The van der Waals surface area contributed by atoms with Gasteiger partial charge in [0.1, 0.15) is 17.2 Å². The molecule has 2 fully saturated rings. The van der Waals surface area contributed by atoms with E-state index in [0.717, 1.165) is 57.1 Å². The first-order chi connectivity index (χ1) is 20.4. The molecule has 236 valence electrons. The van der Waals surface area contributed by atoms with Crippen molar-refractivity contribution >= 4 is 20.0 Å². The van der Waals surface area contributed by atoms with Crippen molar-refractivity contribution in [1.29, 1.82) is 0 Å². The zero-order valence-corrected chi connectivity index (χ0v) is 24.0. The summed E-state index contributed by atoms with van der Waals surface area (Å²) in [6.45, 7) is -0.362. The van der Waals surface area contributed by atoms with Crippen LogP contribution in [-0.2, 0) is 24.8 Å². The van der Waals surface area contributed by atoms with Crippen molar-refractivity contribution in [2.45, 2.75) is 41.1 Å². The van der Waals surface area contributed by atoms with Gasteiger partial charge in [0.15, 0.2) is 0 Å². The first-order valence-corrected chi connectivity index (χ1v) is 15.1. The molecule has 0 aromatic heterocycles. The van der Waals surface area contributed by atoms with Crippen molar-refractivity contribution in [1.82, 2.24) is 8.61 Å². The molecule has 0 N–H and O–H groups in total. The molecule has 0 unspecified atom stereocenters. The number of halogens is 6. The molecule has 0 atom stereocenters. The monoisotopic (exact) mass is 664 g/mol. The van der Waals surface area contributed by atoms with E-state index in [1.165, 1.54) is 0 Å². The lowest BCUT2D eigenvalue weighted by Crippen LogP contribution is -2.55. The van der Waals surface area contributed by atoms with Crippen LogP contribution in [0.2, 0.25) is 0 Å². The molecule has 2 heterocycles. The van der Waals surface area contributed by atoms with Crippen molar-refractivity contribution in [3.8, 4) is 48.0 Å². The molecule has 0 bridgehead atoms. The van der Waals surface area contributed by atoms with E-state index in [2.05, 4.69) is 33.2 Å². The predicted molar refractivity (Wildman–Crippen MR) is 142 cm³/mol. The summed E-state index contributed by atoms with van der Waals surface area (Å²) in [7, 11) is -8.36. The van der Waals surface area contributed by atoms with E-state index in [1.807, 2.05) is 0 Å². The van der Waals surface area contributed by atoms with Crippen molar-refractivity contribution in [2.24, 2.45) is 0 Å². The zero-order valence-electron chi connectivity index (χ0n) is 22.4. The van der Waals surface area contributed by atoms with Crippen LogP contribution < -0.4 is 9.47 Å². The summed E-state index contributed by atoms with van der Waals surface area (Å²) in [6.07, 6.45) is -0.609. The van der Waals surface area contributed by atoms with Crippen LogP contribution in [0.25, 0.3) is 0 Å². The van der Waals surface area contributed by atoms with E-state index in [1.54, 1.807) is 0 Å². The van der Waals surface area contributed by atoms with Gasteiger partial charge in [0.05, 0.1) is 16.4 Å². The number of nitrogens with zero attached hydrogens (tertiary/aromatic N) is 2. The first-order valence-electron chi connectivity index (χ1n) is 12.2. The van der Waals surface area contributed by atoms with Gasteiger partial charge >= 0.3 is 12.7 Å². The fourth-order valence-corrected chi connectivity index (χ4v) is 7.54. The Balaban J connectivity index is 0.000000801. The molecule has 17 heteroatoms.